The summed E-state index contributed by atoms with van der Waals surface area (Å²) in [7, 11) is 10.4. The lowest BCUT2D eigenvalue weighted by atomic mass is 10.2. The van der Waals surface area contributed by atoms with E-state index in [9.17, 15) is 0 Å². The maximum absolute atomic E-state index is 5.76. The van der Waals surface area contributed by atoms with Gasteiger partial charge in [-0.15, -0.1) is 0 Å². The highest BCUT2D eigenvalue weighted by Gasteiger charge is 2.60. The molecule has 0 saturated carbocycles. The van der Waals surface area contributed by atoms with Gasteiger partial charge in [-0.1, -0.05) is 13.8 Å². The Bertz CT molecular complexity index is 354. The van der Waals surface area contributed by atoms with Crippen molar-refractivity contribution >= 4 is 20.5 Å². The zero-order valence-corrected chi connectivity index (χ0v) is 21.4. The van der Waals surface area contributed by atoms with Gasteiger partial charge >= 0.3 is 0 Å². The highest BCUT2D eigenvalue weighted by molar-refractivity contribution is 6.15. The lowest BCUT2D eigenvalue weighted by Crippen LogP contribution is -2.83. The van der Waals surface area contributed by atoms with Crippen LogP contribution in [0.15, 0.2) is 0 Å². The summed E-state index contributed by atoms with van der Waals surface area (Å²) in [5, 5.41) is 7.98. The van der Waals surface area contributed by atoms with Crippen LogP contribution in [0.1, 0.15) is 13.8 Å². The van der Waals surface area contributed by atoms with E-state index in [2.05, 4.69) is 16.0 Å². The first kappa shape index (κ1) is 25.1. The van der Waals surface area contributed by atoms with E-state index in [1.807, 2.05) is 13.8 Å². The number of likely N-dealkylation sites (N-methyl/N-ethyl adjacent to an activating group) is 2. The number of hydrogen-bond donors (Lipinski definition) is 3. The van der Waals surface area contributed by atoms with Crippen LogP contribution in [0, 0.1) is 0 Å². The molecular formula is C14H37N3O6Si2. The predicted octanol–water partition coefficient (Wildman–Crippen LogP) is -2.98. The predicted molar refractivity (Wildman–Crippen MR) is 103 cm³/mol. The summed E-state index contributed by atoms with van der Waals surface area (Å²) in [6.45, 7) is 5.27. The van der Waals surface area contributed by atoms with E-state index in [-0.39, 0.29) is 0 Å². The Hall–Kier alpha value is 0.0738. The van der Waals surface area contributed by atoms with Crippen molar-refractivity contribution in [2.75, 3.05) is 55.7 Å². The van der Waals surface area contributed by atoms with E-state index < -0.39 is 22.5 Å². The lowest BCUT2D eigenvalue weighted by molar-refractivity contribution is -0.388. The van der Waals surface area contributed by atoms with Crippen molar-refractivity contribution in [3.05, 3.63) is 0 Å². The van der Waals surface area contributed by atoms with Crippen LogP contribution in [-0.4, -0.2) is 98.8 Å². The SMILES string of the molecule is CCNC([SiH3])(OC)C(NC(OC)(OC)C([SiH3])(NCC)OC)(OC)OC. The Morgan fingerprint density at radius 2 is 0.880 bits per heavy atom. The zero-order valence-electron chi connectivity index (χ0n) is 17.4. The maximum atomic E-state index is 5.76. The zero-order chi connectivity index (χ0) is 19.8. The van der Waals surface area contributed by atoms with Crippen molar-refractivity contribution in [2.45, 2.75) is 36.4 Å². The molecule has 0 aliphatic carbocycles. The number of ether oxygens (including phenoxy) is 6. The first-order valence-electron chi connectivity index (χ1n) is 8.30. The van der Waals surface area contributed by atoms with Crippen LogP contribution in [0.3, 0.4) is 0 Å². The van der Waals surface area contributed by atoms with Crippen molar-refractivity contribution in [3.63, 3.8) is 0 Å². The molecule has 0 rings (SSSR count). The normalized spacial score (nSPS) is 18.2. The van der Waals surface area contributed by atoms with Gasteiger partial charge in [-0.05, 0) is 13.1 Å². The first-order chi connectivity index (χ1) is 11.7. The molecule has 0 aromatic carbocycles. The van der Waals surface area contributed by atoms with E-state index in [0.29, 0.717) is 33.6 Å². The van der Waals surface area contributed by atoms with Gasteiger partial charge in [0.2, 0.25) is 0 Å². The van der Waals surface area contributed by atoms with Gasteiger partial charge in [0.1, 0.15) is 0 Å². The Kier molecular flexibility index (Phi) is 10.4. The Labute approximate surface area is 157 Å². The summed E-state index contributed by atoms with van der Waals surface area (Å²) in [6, 6.07) is 0. The summed E-state index contributed by atoms with van der Waals surface area (Å²) in [5.74, 6) is -2.78. The minimum atomic E-state index is -1.39. The molecule has 0 bridgehead atoms. The molecule has 0 heterocycles. The fourth-order valence-corrected chi connectivity index (χ4v) is 4.70. The van der Waals surface area contributed by atoms with Crippen LogP contribution in [0.2, 0.25) is 0 Å². The van der Waals surface area contributed by atoms with Gasteiger partial charge < -0.3 is 28.4 Å². The lowest BCUT2D eigenvalue weighted by Gasteiger charge is -2.53. The molecule has 0 spiro atoms. The van der Waals surface area contributed by atoms with Gasteiger partial charge in [0.15, 0.2) is 10.7 Å². The molecule has 0 amide bonds. The number of methoxy groups -OCH3 is 6. The summed E-state index contributed by atoms with van der Waals surface area (Å²) < 4.78 is 34.5. The fourth-order valence-electron chi connectivity index (χ4n) is 2.93. The molecule has 0 radical (unpaired) electrons. The Morgan fingerprint density at radius 3 is 1.04 bits per heavy atom. The maximum Gasteiger partial charge on any atom is 0.271 e. The monoisotopic (exact) mass is 399 g/mol. The molecule has 0 aliphatic heterocycles. The average Bonchev–Trinajstić information content (AvgIpc) is 2.63. The van der Waals surface area contributed by atoms with Crippen LogP contribution in [0.5, 0.6) is 0 Å². The van der Waals surface area contributed by atoms with Crippen LogP contribution in [-0.2, 0) is 28.4 Å². The van der Waals surface area contributed by atoms with Crippen LogP contribution in [0.4, 0.5) is 0 Å². The van der Waals surface area contributed by atoms with E-state index >= 15 is 0 Å². The molecule has 9 nitrogen and oxygen atoms in total. The Balaban J connectivity index is 6.21. The molecule has 11 heteroatoms. The molecule has 0 saturated heterocycles. The third-order valence-electron chi connectivity index (χ3n) is 4.58. The number of nitrogens with one attached hydrogen (secondary N) is 3. The van der Waals surface area contributed by atoms with Crippen LogP contribution < -0.4 is 16.0 Å². The van der Waals surface area contributed by atoms with Crippen molar-refractivity contribution in [1.29, 1.82) is 0 Å². The third kappa shape index (κ3) is 4.68. The van der Waals surface area contributed by atoms with E-state index in [1.54, 1.807) is 14.2 Å². The molecule has 0 aromatic heterocycles. The summed E-state index contributed by atoms with van der Waals surface area (Å²) >= 11 is 0. The summed E-state index contributed by atoms with van der Waals surface area (Å²) in [6.07, 6.45) is 0. The second-order valence-corrected chi connectivity index (χ2v) is 8.53. The molecule has 0 fully saturated rings. The molecule has 152 valence electrons. The van der Waals surface area contributed by atoms with Gasteiger partial charge in [0, 0.05) is 42.7 Å². The van der Waals surface area contributed by atoms with Crippen LogP contribution in [0.25, 0.3) is 0 Å². The minimum Gasteiger partial charge on any atom is -0.361 e. The fraction of sp³-hybridized carbons (Fsp3) is 1.00. The molecule has 25 heavy (non-hydrogen) atoms. The average molecular weight is 400 g/mol. The molecule has 3 N–H and O–H groups in total. The molecule has 0 aromatic rings. The van der Waals surface area contributed by atoms with Crippen molar-refractivity contribution in [3.8, 4) is 0 Å². The molecule has 2 unspecified atom stereocenters. The number of hydrogen-bond acceptors (Lipinski definition) is 9. The highest BCUT2D eigenvalue weighted by Crippen LogP contribution is 2.31. The van der Waals surface area contributed by atoms with Crippen LogP contribution >= 0.6 is 0 Å². The van der Waals surface area contributed by atoms with Gasteiger partial charge in [-0.2, -0.15) is 0 Å². The van der Waals surface area contributed by atoms with Gasteiger partial charge in [0.05, 0.1) is 20.5 Å². The Morgan fingerprint density at radius 1 is 0.600 bits per heavy atom. The first-order valence-corrected chi connectivity index (χ1v) is 10.3. The second kappa shape index (κ2) is 10.4. The second-order valence-electron chi connectivity index (χ2n) is 5.71. The van der Waals surface area contributed by atoms with E-state index in [0.717, 1.165) is 0 Å². The van der Waals surface area contributed by atoms with Gasteiger partial charge in [0.25, 0.3) is 11.8 Å². The summed E-state index contributed by atoms with van der Waals surface area (Å²) in [5.41, 5.74) is 0. The van der Waals surface area contributed by atoms with Gasteiger partial charge in [-0.25, -0.2) is 5.32 Å². The van der Waals surface area contributed by atoms with Crippen molar-refractivity contribution in [1.82, 2.24) is 16.0 Å². The molecule has 0 aliphatic rings. The van der Waals surface area contributed by atoms with E-state index in [1.165, 1.54) is 28.4 Å². The largest absolute Gasteiger partial charge is 0.361 e. The standard InChI is InChI=1S/C14H37N3O6Si2/c1-9-15-13(24,22-7)11(18-3,19-4)17-12(20-5,21-6)14(25,23-8)16-10-2/h15-17H,9-10H2,1-8,24-25H3. The van der Waals surface area contributed by atoms with Gasteiger partial charge in [-0.3, -0.25) is 10.6 Å². The summed E-state index contributed by atoms with van der Waals surface area (Å²) in [4.78, 5) is 0. The van der Waals surface area contributed by atoms with Crippen molar-refractivity contribution < 1.29 is 28.4 Å². The topological polar surface area (TPSA) is 91.5 Å². The molecular weight excluding hydrogens is 362 g/mol. The minimum absolute atomic E-state index is 0.538. The highest BCUT2D eigenvalue weighted by atomic mass is 28.2. The number of rotatable bonds is 14. The smallest absolute Gasteiger partial charge is 0.271 e. The quantitative estimate of drug-likeness (QED) is 0.209. The third-order valence-corrected chi connectivity index (χ3v) is 7.42. The van der Waals surface area contributed by atoms with Crippen molar-refractivity contribution in [2.24, 2.45) is 0 Å². The van der Waals surface area contributed by atoms with E-state index in [4.69, 9.17) is 28.4 Å². The molecule has 2 atom stereocenters.